The SMILES string of the molecule is CN1CCC(C)(c2ccc(NCC(O)CO)cc2)CC1. The van der Waals surface area contributed by atoms with Gasteiger partial charge in [0.2, 0.25) is 0 Å². The zero-order valence-electron chi connectivity index (χ0n) is 12.5. The Hall–Kier alpha value is -1.10. The molecule has 1 aliphatic heterocycles. The van der Waals surface area contributed by atoms with Crippen molar-refractivity contribution in [1.82, 2.24) is 4.90 Å². The molecule has 4 heteroatoms. The monoisotopic (exact) mass is 278 g/mol. The van der Waals surface area contributed by atoms with Crippen LogP contribution in [0.4, 0.5) is 5.69 Å². The normalized spacial score (nSPS) is 20.6. The second-order valence-corrected chi connectivity index (χ2v) is 6.16. The molecule has 1 atom stereocenters. The summed E-state index contributed by atoms with van der Waals surface area (Å²) in [6.45, 7) is 4.81. The molecule has 0 aliphatic carbocycles. The third-order valence-corrected chi connectivity index (χ3v) is 4.42. The number of benzene rings is 1. The van der Waals surface area contributed by atoms with E-state index in [1.807, 2.05) is 0 Å². The Balaban J connectivity index is 1.97. The number of nitrogens with zero attached hydrogens (tertiary/aromatic N) is 1. The topological polar surface area (TPSA) is 55.7 Å². The van der Waals surface area contributed by atoms with Crippen molar-refractivity contribution in [3.63, 3.8) is 0 Å². The summed E-state index contributed by atoms with van der Waals surface area (Å²) in [6, 6.07) is 8.48. The van der Waals surface area contributed by atoms with Gasteiger partial charge in [-0.1, -0.05) is 19.1 Å². The van der Waals surface area contributed by atoms with Gasteiger partial charge in [-0.05, 0) is 56.1 Å². The number of likely N-dealkylation sites (tertiary alicyclic amines) is 1. The predicted molar refractivity (Wildman–Crippen MR) is 82.1 cm³/mol. The molecule has 0 amide bonds. The Morgan fingerprint density at radius 2 is 1.85 bits per heavy atom. The van der Waals surface area contributed by atoms with Crippen LogP contribution < -0.4 is 5.32 Å². The molecule has 1 unspecified atom stereocenters. The van der Waals surface area contributed by atoms with Gasteiger partial charge in [-0.3, -0.25) is 0 Å². The predicted octanol–water partition coefficient (Wildman–Crippen LogP) is 1.43. The number of hydrogen-bond donors (Lipinski definition) is 3. The quantitative estimate of drug-likeness (QED) is 0.763. The number of hydrogen-bond acceptors (Lipinski definition) is 4. The van der Waals surface area contributed by atoms with Crippen LogP contribution in [0.2, 0.25) is 0 Å². The van der Waals surface area contributed by atoms with E-state index in [0.29, 0.717) is 6.54 Å². The van der Waals surface area contributed by atoms with Crippen molar-refractivity contribution in [1.29, 1.82) is 0 Å². The second kappa shape index (κ2) is 6.57. The molecule has 112 valence electrons. The van der Waals surface area contributed by atoms with Gasteiger partial charge >= 0.3 is 0 Å². The molecule has 1 heterocycles. The van der Waals surface area contributed by atoms with Crippen molar-refractivity contribution >= 4 is 5.69 Å². The first-order valence-corrected chi connectivity index (χ1v) is 7.35. The largest absolute Gasteiger partial charge is 0.394 e. The van der Waals surface area contributed by atoms with E-state index in [2.05, 4.69) is 48.5 Å². The molecule has 1 aliphatic rings. The van der Waals surface area contributed by atoms with Crippen molar-refractivity contribution in [2.45, 2.75) is 31.3 Å². The number of anilines is 1. The lowest BCUT2D eigenvalue weighted by Gasteiger charge is -2.38. The van der Waals surface area contributed by atoms with Crippen LogP contribution in [0.1, 0.15) is 25.3 Å². The van der Waals surface area contributed by atoms with Crippen LogP contribution in [0.15, 0.2) is 24.3 Å². The Bertz CT molecular complexity index is 411. The van der Waals surface area contributed by atoms with Gasteiger partial charge in [0.05, 0.1) is 12.7 Å². The number of aliphatic hydroxyl groups excluding tert-OH is 2. The molecule has 0 saturated carbocycles. The summed E-state index contributed by atoms with van der Waals surface area (Å²) in [5, 5.41) is 21.2. The lowest BCUT2D eigenvalue weighted by atomic mass is 9.74. The van der Waals surface area contributed by atoms with Crippen LogP contribution >= 0.6 is 0 Å². The van der Waals surface area contributed by atoms with Crippen LogP contribution in [0.25, 0.3) is 0 Å². The van der Waals surface area contributed by atoms with Gasteiger partial charge in [-0.25, -0.2) is 0 Å². The zero-order valence-corrected chi connectivity index (χ0v) is 12.5. The van der Waals surface area contributed by atoms with E-state index in [1.54, 1.807) is 0 Å². The lowest BCUT2D eigenvalue weighted by Crippen LogP contribution is -2.38. The standard InChI is InChI=1S/C16H26N2O2/c1-16(7-9-18(2)10-8-16)13-3-5-14(6-4-13)17-11-15(20)12-19/h3-6,15,17,19-20H,7-12H2,1-2H3. The molecule has 1 aromatic carbocycles. The minimum Gasteiger partial charge on any atom is -0.394 e. The van der Waals surface area contributed by atoms with E-state index in [4.69, 9.17) is 5.11 Å². The highest BCUT2D eigenvalue weighted by molar-refractivity contribution is 5.46. The summed E-state index contributed by atoms with van der Waals surface area (Å²) in [6.07, 6.45) is 1.68. The third-order valence-electron chi connectivity index (χ3n) is 4.42. The second-order valence-electron chi connectivity index (χ2n) is 6.16. The minimum absolute atomic E-state index is 0.212. The number of aliphatic hydroxyl groups is 2. The number of piperidine rings is 1. The first-order chi connectivity index (χ1) is 9.53. The van der Waals surface area contributed by atoms with Crippen molar-refractivity contribution in [3.05, 3.63) is 29.8 Å². The van der Waals surface area contributed by atoms with Crippen LogP contribution in [0.3, 0.4) is 0 Å². The zero-order chi connectivity index (χ0) is 14.6. The van der Waals surface area contributed by atoms with Gasteiger partial charge in [0.1, 0.15) is 0 Å². The van der Waals surface area contributed by atoms with E-state index in [0.717, 1.165) is 18.8 Å². The van der Waals surface area contributed by atoms with E-state index in [1.165, 1.54) is 18.4 Å². The fraction of sp³-hybridized carbons (Fsp3) is 0.625. The van der Waals surface area contributed by atoms with E-state index >= 15 is 0 Å². The van der Waals surface area contributed by atoms with Crippen LogP contribution in [-0.4, -0.2) is 54.5 Å². The fourth-order valence-corrected chi connectivity index (χ4v) is 2.69. The molecule has 1 aromatic rings. The first-order valence-electron chi connectivity index (χ1n) is 7.35. The first kappa shape index (κ1) is 15.3. The van der Waals surface area contributed by atoms with Gasteiger partial charge in [0.15, 0.2) is 0 Å². The van der Waals surface area contributed by atoms with Crippen molar-refractivity contribution in [3.8, 4) is 0 Å². The highest BCUT2D eigenvalue weighted by atomic mass is 16.3. The Morgan fingerprint density at radius 1 is 1.25 bits per heavy atom. The Morgan fingerprint density at radius 3 is 2.40 bits per heavy atom. The molecule has 0 radical (unpaired) electrons. The number of rotatable bonds is 5. The van der Waals surface area contributed by atoms with E-state index < -0.39 is 6.10 Å². The summed E-state index contributed by atoms with van der Waals surface area (Å²) in [5.41, 5.74) is 2.65. The molecular weight excluding hydrogens is 252 g/mol. The highest BCUT2D eigenvalue weighted by Crippen LogP contribution is 2.35. The molecule has 4 nitrogen and oxygen atoms in total. The molecular formula is C16H26N2O2. The van der Waals surface area contributed by atoms with Gasteiger partial charge in [-0.15, -0.1) is 0 Å². The average molecular weight is 278 g/mol. The molecule has 0 bridgehead atoms. The molecule has 1 saturated heterocycles. The maximum absolute atomic E-state index is 9.33. The maximum atomic E-state index is 9.33. The highest BCUT2D eigenvalue weighted by Gasteiger charge is 2.30. The van der Waals surface area contributed by atoms with Gasteiger partial charge in [-0.2, -0.15) is 0 Å². The van der Waals surface area contributed by atoms with Crippen molar-refractivity contribution in [2.75, 3.05) is 38.6 Å². The van der Waals surface area contributed by atoms with Gasteiger partial charge < -0.3 is 20.4 Å². The summed E-state index contributed by atoms with van der Waals surface area (Å²) in [7, 11) is 2.18. The summed E-state index contributed by atoms with van der Waals surface area (Å²) in [5.74, 6) is 0. The molecule has 1 fully saturated rings. The van der Waals surface area contributed by atoms with Gasteiger partial charge in [0.25, 0.3) is 0 Å². The van der Waals surface area contributed by atoms with E-state index in [9.17, 15) is 5.11 Å². The minimum atomic E-state index is -0.707. The van der Waals surface area contributed by atoms with Crippen LogP contribution in [0, 0.1) is 0 Å². The lowest BCUT2D eigenvalue weighted by molar-refractivity contribution is 0.105. The van der Waals surface area contributed by atoms with Crippen LogP contribution in [-0.2, 0) is 5.41 Å². The summed E-state index contributed by atoms with van der Waals surface area (Å²) >= 11 is 0. The Kier molecular flexibility index (Phi) is 5.02. The van der Waals surface area contributed by atoms with Gasteiger partial charge in [0, 0.05) is 12.2 Å². The van der Waals surface area contributed by atoms with Crippen LogP contribution in [0.5, 0.6) is 0 Å². The fourth-order valence-electron chi connectivity index (χ4n) is 2.69. The molecule has 0 aromatic heterocycles. The molecule has 2 rings (SSSR count). The Labute approximate surface area is 121 Å². The maximum Gasteiger partial charge on any atom is 0.0942 e. The van der Waals surface area contributed by atoms with E-state index in [-0.39, 0.29) is 12.0 Å². The average Bonchev–Trinajstić information content (AvgIpc) is 2.48. The molecule has 20 heavy (non-hydrogen) atoms. The summed E-state index contributed by atoms with van der Waals surface area (Å²) < 4.78 is 0. The third kappa shape index (κ3) is 3.72. The molecule has 3 N–H and O–H groups in total. The molecule has 0 spiro atoms. The van der Waals surface area contributed by atoms with Crippen molar-refractivity contribution < 1.29 is 10.2 Å². The van der Waals surface area contributed by atoms with Crippen molar-refractivity contribution in [2.24, 2.45) is 0 Å². The summed E-state index contributed by atoms with van der Waals surface area (Å²) in [4.78, 5) is 2.38. The smallest absolute Gasteiger partial charge is 0.0942 e. The number of nitrogens with one attached hydrogen (secondary N) is 1.